The zero-order chi connectivity index (χ0) is 14.5. The minimum Gasteiger partial charge on any atom is -0.508 e. The summed E-state index contributed by atoms with van der Waals surface area (Å²) >= 11 is 0. The topological polar surface area (TPSA) is 72.0 Å². The number of hydrogen-bond acceptors (Lipinski definition) is 4. The smallest absolute Gasteiger partial charge is 0.159 e. The number of phenols is 1. The van der Waals surface area contributed by atoms with Gasteiger partial charge in [-0.2, -0.15) is 0 Å². The number of hydrogen-bond donors (Lipinski definition) is 2. The number of nitrogens with zero attached hydrogens (tertiary/aromatic N) is 2. The van der Waals surface area contributed by atoms with Gasteiger partial charge in [0.1, 0.15) is 5.75 Å². The van der Waals surface area contributed by atoms with Crippen LogP contribution < -0.4 is 5.73 Å². The van der Waals surface area contributed by atoms with Crippen LogP contribution in [-0.2, 0) is 19.3 Å². The number of aryl methyl sites for hydroxylation is 2. The van der Waals surface area contributed by atoms with Gasteiger partial charge in [-0.25, -0.2) is 9.97 Å². The zero-order valence-corrected chi connectivity index (χ0v) is 12.1. The maximum Gasteiger partial charge on any atom is 0.159 e. The van der Waals surface area contributed by atoms with Crippen molar-refractivity contribution in [2.75, 3.05) is 6.54 Å². The second-order valence-electron chi connectivity index (χ2n) is 4.71. The molecule has 0 aliphatic carbocycles. The third kappa shape index (κ3) is 2.96. The standard InChI is InChI=1S/C16H21N3O/c1-3-14-13(9-10-17)15(4-2)19-16(18-14)11-5-7-12(20)8-6-11/h5-8,20H,3-4,9-10,17H2,1-2H3. The van der Waals surface area contributed by atoms with Crippen molar-refractivity contribution in [3.8, 4) is 17.1 Å². The molecule has 0 unspecified atom stereocenters. The highest BCUT2D eigenvalue weighted by atomic mass is 16.3. The first kappa shape index (κ1) is 14.5. The van der Waals surface area contributed by atoms with Crippen molar-refractivity contribution in [3.05, 3.63) is 41.2 Å². The normalized spacial score (nSPS) is 10.8. The van der Waals surface area contributed by atoms with Crippen LogP contribution in [0.2, 0.25) is 0 Å². The lowest BCUT2D eigenvalue weighted by molar-refractivity contribution is 0.475. The summed E-state index contributed by atoms with van der Waals surface area (Å²) in [6, 6.07) is 6.99. The van der Waals surface area contributed by atoms with E-state index in [1.807, 2.05) is 12.1 Å². The molecule has 0 spiro atoms. The Morgan fingerprint density at radius 3 is 2.00 bits per heavy atom. The van der Waals surface area contributed by atoms with Gasteiger partial charge in [0.2, 0.25) is 0 Å². The van der Waals surface area contributed by atoms with Crippen LogP contribution >= 0.6 is 0 Å². The number of rotatable bonds is 5. The molecule has 2 rings (SSSR count). The highest BCUT2D eigenvalue weighted by Gasteiger charge is 2.12. The number of aromatic nitrogens is 2. The monoisotopic (exact) mass is 271 g/mol. The van der Waals surface area contributed by atoms with Crippen molar-refractivity contribution in [1.29, 1.82) is 0 Å². The summed E-state index contributed by atoms with van der Waals surface area (Å²) in [5, 5.41) is 9.36. The summed E-state index contributed by atoms with van der Waals surface area (Å²) in [7, 11) is 0. The van der Waals surface area contributed by atoms with E-state index >= 15 is 0 Å². The SMILES string of the molecule is CCc1nc(-c2ccc(O)cc2)nc(CC)c1CCN. The summed E-state index contributed by atoms with van der Waals surface area (Å²) in [5.74, 6) is 0.972. The molecular weight excluding hydrogens is 250 g/mol. The lowest BCUT2D eigenvalue weighted by Crippen LogP contribution is -2.12. The third-order valence-electron chi connectivity index (χ3n) is 3.37. The molecule has 0 saturated carbocycles. The molecule has 2 aromatic rings. The van der Waals surface area contributed by atoms with Crippen LogP contribution in [0.1, 0.15) is 30.8 Å². The number of aromatic hydroxyl groups is 1. The highest BCUT2D eigenvalue weighted by molar-refractivity contribution is 5.57. The van der Waals surface area contributed by atoms with Gasteiger partial charge in [-0.3, -0.25) is 0 Å². The molecule has 1 aromatic heterocycles. The average molecular weight is 271 g/mol. The molecule has 0 amide bonds. The van der Waals surface area contributed by atoms with E-state index in [-0.39, 0.29) is 5.75 Å². The molecule has 106 valence electrons. The molecule has 4 heteroatoms. The van der Waals surface area contributed by atoms with Crippen LogP contribution in [0.15, 0.2) is 24.3 Å². The van der Waals surface area contributed by atoms with Crippen LogP contribution in [0, 0.1) is 0 Å². The quantitative estimate of drug-likeness (QED) is 0.876. The Morgan fingerprint density at radius 2 is 1.55 bits per heavy atom. The Bertz CT molecular complexity index is 554. The molecular formula is C16H21N3O. The van der Waals surface area contributed by atoms with Crippen LogP contribution in [-0.4, -0.2) is 21.6 Å². The van der Waals surface area contributed by atoms with Gasteiger partial charge in [-0.15, -0.1) is 0 Å². The number of phenolic OH excluding ortho intramolecular Hbond substituents is 1. The van der Waals surface area contributed by atoms with Crippen molar-refractivity contribution in [2.45, 2.75) is 33.1 Å². The van der Waals surface area contributed by atoms with Gasteiger partial charge < -0.3 is 10.8 Å². The molecule has 20 heavy (non-hydrogen) atoms. The summed E-state index contributed by atoms with van der Waals surface area (Å²) in [6.07, 6.45) is 2.56. The van der Waals surface area contributed by atoms with Gasteiger partial charge in [0.15, 0.2) is 5.82 Å². The van der Waals surface area contributed by atoms with Crippen LogP contribution in [0.5, 0.6) is 5.75 Å². The molecule has 0 fully saturated rings. The third-order valence-corrected chi connectivity index (χ3v) is 3.37. The molecule has 0 atom stereocenters. The molecule has 1 aromatic carbocycles. The van der Waals surface area contributed by atoms with Crippen molar-refractivity contribution in [2.24, 2.45) is 5.73 Å². The van der Waals surface area contributed by atoms with Gasteiger partial charge in [-0.1, -0.05) is 13.8 Å². The Kier molecular flexibility index (Phi) is 4.69. The van der Waals surface area contributed by atoms with Crippen LogP contribution in [0.3, 0.4) is 0 Å². The van der Waals surface area contributed by atoms with Crippen molar-refractivity contribution in [3.63, 3.8) is 0 Å². The predicted molar refractivity (Wildman–Crippen MR) is 80.6 cm³/mol. The van der Waals surface area contributed by atoms with E-state index in [4.69, 9.17) is 5.73 Å². The molecule has 4 nitrogen and oxygen atoms in total. The number of nitrogens with two attached hydrogens (primary N) is 1. The maximum atomic E-state index is 9.36. The predicted octanol–water partition coefficient (Wildman–Crippen LogP) is 2.48. The van der Waals surface area contributed by atoms with Crippen molar-refractivity contribution >= 4 is 0 Å². The summed E-state index contributed by atoms with van der Waals surface area (Å²) in [4.78, 5) is 9.34. The lowest BCUT2D eigenvalue weighted by atomic mass is 10.0. The van der Waals surface area contributed by atoms with E-state index in [2.05, 4.69) is 23.8 Å². The fourth-order valence-electron chi connectivity index (χ4n) is 2.34. The second-order valence-corrected chi connectivity index (χ2v) is 4.71. The Hall–Kier alpha value is -1.94. The second kappa shape index (κ2) is 6.48. The van der Waals surface area contributed by atoms with E-state index < -0.39 is 0 Å². The maximum absolute atomic E-state index is 9.36. The number of benzene rings is 1. The highest BCUT2D eigenvalue weighted by Crippen LogP contribution is 2.22. The first-order chi connectivity index (χ1) is 9.69. The van der Waals surface area contributed by atoms with Gasteiger partial charge in [0.25, 0.3) is 0 Å². The van der Waals surface area contributed by atoms with E-state index in [1.54, 1.807) is 12.1 Å². The van der Waals surface area contributed by atoms with Gasteiger partial charge in [0, 0.05) is 17.0 Å². The Morgan fingerprint density at radius 1 is 1.00 bits per heavy atom. The summed E-state index contributed by atoms with van der Waals surface area (Å²) < 4.78 is 0. The van der Waals surface area contributed by atoms with Gasteiger partial charge >= 0.3 is 0 Å². The first-order valence-electron chi connectivity index (χ1n) is 7.07. The Balaban J connectivity index is 2.52. The molecule has 0 radical (unpaired) electrons. The Labute approximate surface area is 119 Å². The van der Waals surface area contributed by atoms with E-state index in [0.29, 0.717) is 6.54 Å². The first-order valence-corrected chi connectivity index (χ1v) is 7.07. The van der Waals surface area contributed by atoms with E-state index in [1.165, 1.54) is 5.56 Å². The van der Waals surface area contributed by atoms with Crippen LogP contribution in [0.25, 0.3) is 11.4 Å². The molecule has 0 aliphatic rings. The molecule has 3 N–H and O–H groups in total. The minimum absolute atomic E-state index is 0.250. The molecule has 0 saturated heterocycles. The zero-order valence-electron chi connectivity index (χ0n) is 12.1. The van der Waals surface area contributed by atoms with Crippen molar-refractivity contribution < 1.29 is 5.11 Å². The summed E-state index contributed by atoms with van der Waals surface area (Å²) in [6.45, 7) is 4.81. The average Bonchev–Trinajstić information content (AvgIpc) is 2.48. The van der Waals surface area contributed by atoms with Crippen LogP contribution in [0.4, 0.5) is 0 Å². The molecule has 0 bridgehead atoms. The van der Waals surface area contributed by atoms with E-state index in [0.717, 1.165) is 42.0 Å². The van der Waals surface area contributed by atoms with Gasteiger partial charge in [-0.05, 0) is 55.6 Å². The largest absolute Gasteiger partial charge is 0.508 e. The molecule has 1 heterocycles. The van der Waals surface area contributed by atoms with Gasteiger partial charge in [0.05, 0.1) is 0 Å². The van der Waals surface area contributed by atoms with E-state index in [9.17, 15) is 5.11 Å². The molecule has 0 aliphatic heterocycles. The minimum atomic E-state index is 0.250. The fourth-order valence-corrected chi connectivity index (χ4v) is 2.34. The lowest BCUT2D eigenvalue weighted by Gasteiger charge is -2.13. The summed E-state index contributed by atoms with van der Waals surface area (Å²) in [5.41, 5.74) is 9.96. The fraction of sp³-hybridized carbons (Fsp3) is 0.375. The van der Waals surface area contributed by atoms with Crippen molar-refractivity contribution in [1.82, 2.24) is 9.97 Å².